The largest absolute Gasteiger partial charge is 0.309 e. The van der Waals surface area contributed by atoms with Crippen LogP contribution in [0.3, 0.4) is 0 Å². The van der Waals surface area contributed by atoms with Crippen molar-refractivity contribution in [1.82, 2.24) is 5.32 Å². The van der Waals surface area contributed by atoms with Gasteiger partial charge in [0.15, 0.2) is 0 Å². The van der Waals surface area contributed by atoms with Crippen LogP contribution in [0.2, 0.25) is 0 Å². The number of piperidine rings is 2. The molecule has 2 aliphatic rings. The minimum atomic E-state index is 0.155. The highest BCUT2D eigenvalue weighted by atomic mass is 16.1. The summed E-state index contributed by atoms with van der Waals surface area (Å²) < 4.78 is 0. The van der Waals surface area contributed by atoms with Gasteiger partial charge in [0.05, 0.1) is 0 Å². The highest BCUT2D eigenvalue weighted by Gasteiger charge is 2.33. The lowest BCUT2D eigenvalue weighted by Gasteiger charge is -2.33. The average molecular weight is 153 g/mol. The van der Waals surface area contributed by atoms with E-state index in [4.69, 9.17) is 0 Å². The first-order valence-corrected chi connectivity index (χ1v) is 4.03. The van der Waals surface area contributed by atoms with Gasteiger partial charge in [0, 0.05) is 37.8 Å². The molecule has 60 valence electrons. The predicted molar refractivity (Wildman–Crippen MR) is 39.2 cm³/mol. The van der Waals surface area contributed by atoms with Gasteiger partial charge in [-0.1, -0.05) is 0 Å². The van der Waals surface area contributed by atoms with Crippen LogP contribution in [-0.2, 0) is 9.59 Å². The second kappa shape index (κ2) is 2.41. The summed E-state index contributed by atoms with van der Waals surface area (Å²) in [6, 6.07) is 0.310. The summed E-state index contributed by atoms with van der Waals surface area (Å²) >= 11 is 0. The van der Waals surface area contributed by atoms with E-state index in [0.717, 1.165) is 0 Å². The number of carbonyl (C=O) groups excluding carboxylic acids is 2. The van der Waals surface area contributed by atoms with Gasteiger partial charge in [-0.2, -0.15) is 0 Å². The zero-order valence-corrected chi connectivity index (χ0v) is 6.30. The number of nitrogens with one attached hydrogen (secondary N) is 1. The highest BCUT2D eigenvalue weighted by molar-refractivity contribution is 5.87. The Kier molecular flexibility index (Phi) is 1.53. The maximum Gasteiger partial charge on any atom is 0.136 e. The van der Waals surface area contributed by atoms with Gasteiger partial charge in [0.25, 0.3) is 0 Å². The van der Waals surface area contributed by atoms with E-state index in [0.29, 0.717) is 37.2 Å². The number of rotatable bonds is 0. The molecule has 0 unspecified atom stereocenters. The Morgan fingerprint density at radius 1 is 0.909 bits per heavy atom. The number of hydrogen-bond donors (Lipinski definition) is 1. The normalized spacial score (nSPS) is 37.5. The van der Waals surface area contributed by atoms with Gasteiger partial charge in [-0.25, -0.2) is 0 Å². The summed E-state index contributed by atoms with van der Waals surface area (Å²) in [5.41, 5.74) is 0. The fraction of sp³-hybridized carbons (Fsp3) is 0.750. The van der Waals surface area contributed by atoms with Crippen molar-refractivity contribution >= 4 is 11.6 Å². The molecule has 3 nitrogen and oxygen atoms in total. The SMILES string of the molecule is O=C1CC2CC(=O)CC(C1)N2. The first-order chi connectivity index (χ1) is 5.24. The molecule has 0 aromatic heterocycles. The van der Waals surface area contributed by atoms with E-state index in [-0.39, 0.29) is 12.1 Å². The van der Waals surface area contributed by atoms with Gasteiger partial charge in [0.1, 0.15) is 11.6 Å². The number of carbonyl (C=O) groups is 2. The highest BCUT2D eigenvalue weighted by Crippen LogP contribution is 2.20. The monoisotopic (exact) mass is 153 g/mol. The number of hydrogen-bond acceptors (Lipinski definition) is 3. The van der Waals surface area contributed by atoms with Crippen LogP contribution in [0.1, 0.15) is 25.7 Å². The Morgan fingerprint density at radius 3 is 1.64 bits per heavy atom. The van der Waals surface area contributed by atoms with Crippen LogP contribution in [0.15, 0.2) is 0 Å². The van der Waals surface area contributed by atoms with Gasteiger partial charge >= 0.3 is 0 Å². The van der Waals surface area contributed by atoms with E-state index in [2.05, 4.69) is 5.32 Å². The Bertz CT molecular complexity index is 174. The Morgan fingerprint density at radius 2 is 1.27 bits per heavy atom. The Balaban J connectivity index is 2.11. The number of Topliss-reactive ketones (excluding diaryl/α,β-unsaturated/α-hetero) is 2. The molecular weight excluding hydrogens is 142 g/mol. The first kappa shape index (κ1) is 6.98. The standard InChI is InChI=1S/C8H11NO2/c10-7-1-5-2-8(11)4-6(3-7)9-5/h5-6,9H,1-4H2. The quantitative estimate of drug-likeness (QED) is 0.534. The smallest absolute Gasteiger partial charge is 0.136 e. The molecule has 11 heavy (non-hydrogen) atoms. The summed E-state index contributed by atoms with van der Waals surface area (Å²) in [6.07, 6.45) is 2.23. The molecule has 0 spiro atoms. The van der Waals surface area contributed by atoms with Crippen molar-refractivity contribution in [2.45, 2.75) is 37.8 Å². The molecule has 2 bridgehead atoms. The summed E-state index contributed by atoms with van der Waals surface area (Å²) in [6.45, 7) is 0. The third kappa shape index (κ3) is 1.33. The second-order valence-electron chi connectivity index (χ2n) is 3.45. The van der Waals surface area contributed by atoms with Gasteiger partial charge < -0.3 is 5.32 Å². The lowest BCUT2D eigenvalue weighted by molar-refractivity contribution is -0.127. The third-order valence-electron chi connectivity index (χ3n) is 2.37. The average Bonchev–Trinajstić information content (AvgIpc) is 1.82. The van der Waals surface area contributed by atoms with Gasteiger partial charge in [-0.3, -0.25) is 9.59 Å². The minimum absolute atomic E-state index is 0.155. The van der Waals surface area contributed by atoms with Crippen LogP contribution in [-0.4, -0.2) is 23.7 Å². The molecule has 0 aromatic carbocycles. The van der Waals surface area contributed by atoms with Gasteiger partial charge in [-0.15, -0.1) is 0 Å². The van der Waals surface area contributed by atoms with Gasteiger partial charge in [-0.05, 0) is 0 Å². The van der Waals surface area contributed by atoms with Crippen LogP contribution in [0, 0.1) is 0 Å². The summed E-state index contributed by atoms with van der Waals surface area (Å²) in [5, 5.41) is 3.27. The van der Waals surface area contributed by atoms with E-state index in [1.807, 2.05) is 0 Å². The summed E-state index contributed by atoms with van der Waals surface area (Å²) in [4.78, 5) is 22.1. The Labute approximate surface area is 65.2 Å². The van der Waals surface area contributed by atoms with Crippen LogP contribution in [0.25, 0.3) is 0 Å². The van der Waals surface area contributed by atoms with Gasteiger partial charge in [0.2, 0.25) is 0 Å². The molecule has 0 atom stereocenters. The minimum Gasteiger partial charge on any atom is -0.309 e. The van der Waals surface area contributed by atoms with Crippen molar-refractivity contribution in [3.8, 4) is 0 Å². The molecule has 2 saturated heterocycles. The molecule has 0 saturated carbocycles. The molecule has 0 aromatic rings. The first-order valence-electron chi connectivity index (χ1n) is 4.03. The van der Waals surface area contributed by atoms with Crippen molar-refractivity contribution in [2.75, 3.05) is 0 Å². The number of fused-ring (bicyclic) bond motifs is 2. The van der Waals surface area contributed by atoms with Crippen LogP contribution in [0.5, 0.6) is 0 Å². The van der Waals surface area contributed by atoms with Crippen LogP contribution < -0.4 is 5.32 Å². The molecule has 0 amide bonds. The van der Waals surface area contributed by atoms with Crippen molar-refractivity contribution in [1.29, 1.82) is 0 Å². The lowest BCUT2D eigenvalue weighted by atomic mass is 9.86. The van der Waals surface area contributed by atoms with E-state index in [1.54, 1.807) is 0 Å². The van der Waals surface area contributed by atoms with Crippen molar-refractivity contribution in [2.24, 2.45) is 0 Å². The Hall–Kier alpha value is -0.700. The molecule has 3 heteroatoms. The molecule has 1 N–H and O–H groups in total. The summed E-state index contributed by atoms with van der Waals surface area (Å²) in [5.74, 6) is 0.623. The lowest BCUT2D eigenvalue weighted by Crippen LogP contribution is -2.51. The van der Waals surface area contributed by atoms with E-state index in [1.165, 1.54) is 0 Å². The molecule has 2 rings (SSSR count). The maximum atomic E-state index is 11.0. The molecule has 0 aliphatic carbocycles. The number of ketones is 2. The molecule has 0 radical (unpaired) electrons. The maximum absolute atomic E-state index is 11.0. The third-order valence-corrected chi connectivity index (χ3v) is 2.37. The molecule has 2 heterocycles. The molecule has 2 aliphatic heterocycles. The molecule has 2 fully saturated rings. The van der Waals surface area contributed by atoms with E-state index in [9.17, 15) is 9.59 Å². The second-order valence-corrected chi connectivity index (χ2v) is 3.45. The van der Waals surface area contributed by atoms with Crippen LogP contribution in [0.4, 0.5) is 0 Å². The topological polar surface area (TPSA) is 46.2 Å². The van der Waals surface area contributed by atoms with Crippen molar-refractivity contribution in [3.05, 3.63) is 0 Å². The van der Waals surface area contributed by atoms with Crippen molar-refractivity contribution in [3.63, 3.8) is 0 Å². The predicted octanol–water partition coefficient (Wildman–Crippen LogP) is 0.0390. The zero-order valence-electron chi connectivity index (χ0n) is 6.30. The fourth-order valence-electron chi connectivity index (χ4n) is 1.98. The van der Waals surface area contributed by atoms with E-state index >= 15 is 0 Å². The molecular formula is C8H11NO2. The zero-order chi connectivity index (χ0) is 7.84. The fourth-order valence-corrected chi connectivity index (χ4v) is 1.98. The van der Waals surface area contributed by atoms with E-state index < -0.39 is 0 Å². The van der Waals surface area contributed by atoms with Crippen molar-refractivity contribution < 1.29 is 9.59 Å². The van der Waals surface area contributed by atoms with Crippen LogP contribution >= 0.6 is 0 Å². The summed E-state index contributed by atoms with van der Waals surface area (Å²) in [7, 11) is 0.